The normalized spacial score (nSPS) is 15.2. The van der Waals surface area contributed by atoms with Crippen LogP contribution < -0.4 is 9.64 Å². The Morgan fingerprint density at radius 2 is 1.45 bits per heavy atom. The van der Waals surface area contributed by atoms with Gasteiger partial charge < -0.3 is 4.74 Å². The van der Waals surface area contributed by atoms with Gasteiger partial charge in [0.25, 0.3) is 5.91 Å². The highest BCUT2D eigenvalue weighted by Crippen LogP contribution is 2.41. The van der Waals surface area contributed by atoms with Gasteiger partial charge in [-0.1, -0.05) is 72.8 Å². The number of rotatable bonds is 4. The molecule has 0 radical (unpaired) electrons. The highest BCUT2D eigenvalue weighted by molar-refractivity contribution is 6.11. The van der Waals surface area contributed by atoms with Gasteiger partial charge in [-0.05, 0) is 47.5 Å². The molecule has 0 saturated carbocycles. The van der Waals surface area contributed by atoms with Crippen LogP contribution >= 0.6 is 0 Å². The second-order valence-corrected chi connectivity index (χ2v) is 7.95. The minimum Gasteiger partial charge on any atom is -0.497 e. The summed E-state index contributed by atoms with van der Waals surface area (Å²) in [5, 5.41) is 0. The smallest absolute Gasteiger partial charge is 0.258 e. The maximum Gasteiger partial charge on any atom is 0.258 e. The molecule has 0 spiro atoms. The molecule has 1 aliphatic rings. The molecular formula is C29H24N2O2. The molecule has 4 nitrogen and oxygen atoms in total. The van der Waals surface area contributed by atoms with Crippen LogP contribution in [0.5, 0.6) is 5.75 Å². The Balaban J connectivity index is 1.67. The van der Waals surface area contributed by atoms with Crippen LogP contribution in [0.3, 0.4) is 0 Å². The van der Waals surface area contributed by atoms with Crippen LogP contribution in [0.2, 0.25) is 0 Å². The molecule has 1 heterocycles. The van der Waals surface area contributed by atoms with Crippen LogP contribution in [0.1, 0.15) is 33.9 Å². The van der Waals surface area contributed by atoms with Gasteiger partial charge in [-0.15, -0.1) is 0 Å². The summed E-state index contributed by atoms with van der Waals surface area (Å²) in [6, 6.07) is 35.3. The number of amides is 1. The van der Waals surface area contributed by atoms with E-state index in [4.69, 9.17) is 9.73 Å². The lowest BCUT2D eigenvalue weighted by molar-refractivity contribution is 0.0977. The zero-order chi connectivity index (χ0) is 22.6. The summed E-state index contributed by atoms with van der Waals surface area (Å²) >= 11 is 0. The lowest BCUT2D eigenvalue weighted by atomic mass is 9.95. The van der Waals surface area contributed by atoms with Crippen molar-refractivity contribution in [3.63, 3.8) is 0 Å². The summed E-state index contributed by atoms with van der Waals surface area (Å²) in [4.78, 5) is 20.9. The van der Waals surface area contributed by atoms with Crippen molar-refractivity contribution in [2.45, 2.75) is 12.5 Å². The molecule has 4 aromatic rings. The Morgan fingerprint density at radius 1 is 0.818 bits per heavy atom. The summed E-state index contributed by atoms with van der Waals surface area (Å²) in [6.07, 6.45) is 0.602. The van der Waals surface area contributed by atoms with Crippen LogP contribution in [0.15, 0.2) is 114 Å². The molecule has 0 aliphatic carbocycles. The van der Waals surface area contributed by atoms with Crippen LogP contribution in [0, 0.1) is 0 Å². The third-order valence-electron chi connectivity index (χ3n) is 5.94. The van der Waals surface area contributed by atoms with Gasteiger partial charge in [0, 0.05) is 12.0 Å². The van der Waals surface area contributed by atoms with Crippen molar-refractivity contribution in [1.29, 1.82) is 0 Å². The first-order chi connectivity index (χ1) is 16.2. The Bertz CT molecular complexity index is 1280. The highest BCUT2D eigenvalue weighted by Gasteiger charge is 2.33. The van der Waals surface area contributed by atoms with E-state index in [2.05, 4.69) is 24.3 Å². The molecule has 1 atom stereocenters. The monoisotopic (exact) mass is 432 g/mol. The fraction of sp³-hybridized carbons (Fsp3) is 0.103. The van der Waals surface area contributed by atoms with Gasteiger partial charge in [-0.3, -0.25) is 14.7 Å². The van der Waals surface area contributed by atoms with Gasteiger partial charge in [0.1, 0.15) is 5.75 Å². The summed E-state index contributed by atoms with van der Waals surface area (Å²) in [5.41, 5.74) is 5.29. The Kier molecular flexibility index (Phi) is 5.73. The van der Waals surface area contributed by atoms with E-state index in [-0.39, 0.29) is 11.9 Å². The molecule has 0 fully saturated rings. The van der Waals surface area contributed by atoms with Crippen molar-refractivity contribution in [2.75, 3.05) is 12.0 Å². The number of fused-ring (bicyclic) bond motifs is 1. The molecule has 0 N–H and O–H groups in total. The fourth-order valence-electron chi connectivity index (χ4n) is 4.27. The summed E-state index contributed by atoms with van der Waals surface area (Å²) < 4.78 is 5.28. The number of para-hydroxylation sites is 2. The van der Waals surface area contributed by atoms with Gasteiger partial charge in [-0.25, -0.2) is 0 Å². The molecule has 0 bridgehead atoms. The quantitative estimate of drug-likeness (QED) is 0.364. The summed E-state index contributed by atoms with van der Waals surface area (Å²) in [7, 11) is 1.62. The van der Waals surface area contributed by atoms with E-state index in [1.165, 1.54) is 0 Å². The summed E-state index contributed by atoms with van der Waals surface area (Å²) in [6.45, 7) is 0. The largest absolute Gasteiger partial charge is 0.497 e. The Labute approximate surface area is 193 Å². The van der Waals surface area contributed by atoms with E-state index in [1.807, 2.05) is 89.8 Å². The minimum absolute atomic E-state index is 0.0662. The van der Waals surface area contributed by atoms with Crippen LogP contribution in [-0.2, 0) is 0 Å². The maximum atomic E-state index is 14.0. The molecule has 1 aliphatic heterocycles. The van der Waals surface area contributed by atoms with Crippen molar-refractivity contribution in [2.24, 2.45) is 4.99 Å². The first kappa shape index (κ1) is 20.7. The third kappa shape index (κ3) is 4.15. The SMILES string of the molecule is COc1ccc(C(=O)N2c3ccccc3N=C(c3ccccc3)C[C@H]2c2ccccc2)cc1. The zero-order valence-corrected chi connectivity index (χ0v) is 18.4. The number of ether oxygens (including phenoxy) is 1. The Hall–Kier alpha value is -4.18. The fourth-order valence-corrected chi connectivity index (χ4v) is 4.27. The average molecular weight is 433 g/mol. The van der Waals surface area contributed by atoms with Crippen molar-refractivity contribution < 1.29 is 9.53 Å². The number of hydrogen-bond donors (Lipinski definition) is 0. The van der Waals surface area contributed by atoms with Crippen LogP contribution in [-0.4, -0.2) is 18.7 Å². The standard InChI is InChI=1S/C29H24N2O2/c1-33-24-18-16-23(17-19-24)29(32)31-27-15-9-8-14-25(27)30-26(21-10-4-2-5-11-21)20-28(31)22-12-6-3-7-13-22/h2-19,28H,20H2,1H3/t28-/m0/s1. The van der Waals surface area contributed by atoms with Crippen molar-refractivity contribution in [3.8, 4) is 5.75 Å². The van der Waals surface area contributed by atoms with Gasteiger partial charge in [-0.2, -0.15) is 0 Å². The lowest BCUT2D eigenvalue weighted by Crippen LogP contribution is -2.35. The van der Waals surface area contributed by atoms with E-state index in [0.29, 0.717) is 12.0 Å². The van der Waals surface area contributed by atoms with Crippen LogP contribution in [0.4, 0.5) is 11.4 Å². The number of benzene rings is 4. The van der Waals surface area contributed by atoms with E-state index in [1.54, 1.807) is 7.11 Å². The number of aliphatic imine (C=N–C) groups is 1. The van der Waals surface area contributed by atoms with E-state index >= 15 is 0 Å². The summed E-state index contributed by atoms with van der Waals surface area (Å²) in [5.74, 6) is 0.653. The number of anilines is 1. The average Bonchev–Trinajstić information content (AvgIpc) is 3.07. The van der Waals surface area contributed by atoms with Crippen molar-refractivity contribution in [3.05, 3.63) is 126 Å². The molecular weight excluding hydrogens is 408 g/mol. The van der Waals surface area contributed by atoms with Gasteiger partial charge in [0.05, 0.1) is 30.2 Å². The number of methoxy groups -OCH3 is 1. The number of hydrogen-bond acceptors (Lipinski definition) is 3. The van der Waals surface area contributed by atoms with Gasteiger partial charge in [0.15, 0.2) is 0 Å². The molecule has 0 saturated heterocycles. The zero-order valence-electron chi connectivity index (χ0n) is 18.4. The molecule has 1 amide bonds. The number of carbonyl (C=O) groups excluding carboxylic acids is 1. The molecule has 0 unspecified atom stereocenters. The number of carbonyl (C=O) groups is 1. The number of nitrogens with zero attached hydrogens (tertiary/aromatic N) is 2. The molecule has 0 aromatic heterocycles. The van der Waals surface area contributed by atoms with Crippen LogP contribution in [0.25, 0.3) is 0 Å². The second-order valence-electron chi connectivity index (χ2n) is 7.95. The maximum absolute atomic E-state index is 14.0. The topological polar surface area (TPSA) is 41.9 Å². The first-order valence-electron chi connectivity index (χ1n) is 11.0. The van der Waals surface area contributed by atoms with Gasteiger partial charge in [0.2, 0.25) is 0 Å². The molecule has 4 heteroatoms. The predicted molar refractivity (Wildman–Crippen MR) is 133 cm³/mol. The minimum atomic E-state index is -0.205. The highest BCUT2D eigenvalue weighted by atomic mass is 16.5. The molecule has 4 aromatic carbocycles. The Morgan fingerprint density at radius 3 is 2.15 bits per heavy atom. The molecule has 33 heavy (non-hydrogen) atoms. The first-order valence-corrected chi connectivity index (χ1v) is 11.0. The van der Waals surface area contributed by atoms with Crippen molar-refractivity contribution in [1.82, 2.24) is 0 Å². The van der Waals surface area contributed by atoms with E-state index in [0.717, 1.165) is 34.0 Å². The third-order valence-corrected chi connectivity index (χ3v) is 5.94. The lowest BCUT2D eigenvalue weighted by Gasteiger charge is -2.32. The molecule has 162 valence electrons. The molecule has 5 rings (SSSR count). The van der Waals surface area contributed by atoms with Gasteiger partial charge >= 0.3 is 0 Å². The second kappa shape index (κ2) is 9.13. The predicted octanol–water partition coefficient (Wildman–Crippen LogP) is 6.61. The van der Waals surface area contributed by atoms with Crippen molar-refractivity contribution >= 4 is 23.0 Å². The van der Waals surface area contributed by atoms with E-state index < -0.39 is 0 Å². The van der Waals surface area contributed by atoms with E-state index in [9.17, 15) is 4.79 Å².